The van der Waals surface area contributed by atoms with Crippen LogP contribution in [-0.4, -0.2) is 40.2 Å². The summed E-state index contributed by atoms with van der Waals surface area (Å²) in [5.41, 5.74) is 1.40. The largest absolute Gasteiger partial charge is 0.464 e. The van der Waals surface area contributed by atoms with Gasteiger partial charge < -0.3 is 13.9 Å². The van der Waals surface area contributed by atoms with Crippen LogP contribution in [0.15, 0.2) is 10.8 Å². The summed E-state index contributed by atoms with van der Waals surface area (Å²) < 4.78 is 16.4. The van der Waals surface area contributed by atoms with E-state index in [2.05, 4.69) is 20.0 Å². The Morgan fingerprint density at radius 2 is 2.26 bits per heavy atom. The van der Waals surface area contributed by atoms with E-state index in [4.69, 9.17) is 9.15 Å². The zero-order valence-corrected chi connectivity index (χ0v) is 10.9. The zero-order chi connectivity index (χ0) is 13.8. The van der Waals surface area contributed by atoms with Crippen molar-refractivity contribution in [1.29, 1.82) is 0 Å². The number of rotatable bonds is 5. The number of esters is 1. The molecule has 0 bridgehead atoms. The first-order valence-corrected chi connectivity index (χ1v) is 5.56. The molecule has 0 aromatic carbocycles. The maximum atomic E-state index is 11.6. The van der Waals surface area contributed by atoms with Crippen LogP contribution in [0.3, 0.4) is 0 Å². The fourth-order valence-corrected chi connectivity index (χ4v) is 1.62. The zero-order valence-electron chi connectivity index (χ0n) is 10.9. The molecule has 0 aliphatic carbocycles. The summed E-state index contributed by atoms with van der Waals surface area (Å²) in [6.45, 7) is 2.36. The SMILES string of the molecule is COCc1c(C(=O)OC)nnn1Cc1ncoc1C. The highest BCUT2D eigenvalue weighted by Crippen LogP contribution is 2.12. The third-order valence-corrected chi connectivity index (χ3v) is 2.64. The number of carbonyl (C=O) groups excluding carboxylic acids is 1. The highest BCUT2D eigenvalue weighted by Gasteiger charge is 2.21. The van der Waals surface area contributed by atoms with Crippen molar-refractivity contribution in [2.45, 2.75) is 20.1 Å². The van der Waals surface area contributed by atoms with Crippen LogP contribution in [0.5, 0.6) is 0 Å². The number of hydrogen-bond donors (Lipinski definition) is 0. The topological polar surface area (TPSA) is 92.3 Å². The van der Waals surface area contributed by atoms with Crippen LogP contribution < -0.4 is 0 Å². The molecule has 0 saturated carbocycles. The molecule has 0 atom stereocenters. The Kier molecular flexibility index (Phi) is 3.91. The number of hydrogen-bond acceptors (Lipinski definition) is 7. The Balaban J connectivity index is 2.32. The molecule has 0 unspecified atom stereocenters. The van der Waals surface area contributed by atoms with Crippen molar-refractivity contribution in [2.24, 2.45) is 0 Å². The van der Waals surface area contributed by atoms with Gasteiger partial charge in [-0.15, -0.1) is 5.10 Å². The van der Waals surface area contributed by atoms with Crippen LogP contribution in [0.25, 0.3) is 0 Å². The van der Waals surface area contributed by atoms with Crippen molar-refractivity contribution >= 4 is 5.97 Å². The number of ether oxygens (including phenoxy) is 2. The monoisotopic (exact) mass is 266 g/mol. The minimum atomic E-state index is -0.546. The Labute approximate surface area is 109 Å². The fourth-order valence-electron chi connectivity index (χ4n) is 1.62. The molecule has 0 radical (unpaired) electrons. The van der Waals surface area contributed by atoms with E-state index >= 15 is 0 Å². The Bertz CT molecular complexity index is 575. The van der Waals surface area contributed by atoms with Gasteiger partial charge in [-0.05, 0) is 6.92 Å². The molecule has 8 nitrogen and oxygen atoms in total. The molecule has 8 heteroatoms. The van der Waals surface area contributed by atoms with Gasteiger partial charge in [-0.3, -0.25) is 0 Å². The standard InChI is InChI=1S/C11H14N4O4/c1-7-8(12-6-19-7)4-15-9(5-17-2)10(13-14-15)11(16)18-3/h6H,4-5H2,1-3H3. The number of aryl methyl sites for hydroxylation is 1. The molecule has 19 heavy (non-hydrogen) atoms. The van der Waals surface area contributed by atoms with Crippen LogP contribution in [0.1, 0.15) is 27.6 Å². The summed E-state index contributed by atoms with van der Waals surface area (Å²) in [7, 11) is 2.82. The fraction of sp³-hybridized carbons (Fsp3) is 0.455. The molecule has 2 heterocycles. The third kappa shape index (κ3) is 2.63. The maximum Gasteiger partial charge on any atom is 0.360 e. The second-order valence-electron chi connectivity index (χ2n) is 3.82. The molecule has 2 aromatic heterocycles. The van der Waals surface area contributed by atoms with Gasteiger partial charge in [0.1, 0.15) is 11.5 Å². The molecule has 2 rings (SSSR count). The van der Waals surface area contributed by atoms with Crippen molar-refractivity contribution in [3.8, 4) is 0 Å². The second kappa shape index (κ2) is 5.61. The summed E-state index contributed by atoms with van der Waals surface area (Å²) in [5, 5.41) is 7.74. The normalized spacial score (nSPS) is 10.7. The minimum Gasteiger partial charge on any atom is -0.464 e. The molecule has 0 N–H and O–H groups in total. The van der Waals surface area contributed by atoms with E-state index in [0.29, 0.717) is 18.0 Å². The predicted octanol–water partition coefficient (Wildman–Crippen LogP) is 0.556. The van der Waals surface area contributed by atoms with Gasteiger partial charge >= 0.3 is 5.97 Å². The second-order valence-corrected chi connectivity index (χ2v) is 3.82. The molecule has 0 fully saturated rings. The third-order valence-electron chi connectivity index (χ3n) is 2.64. The van der Waals surface area contributed by atoms with Gasteiger partial charge in [-0.1, -0.05) is 5.21 Å². The molecule has 0 spiro atoms. The van der Waals surface area contributed by atoms with Crippen LogP contribution >= 0.6 is 0 Å². The van der Waals surface area contributed by atoms with Gasteiger partial charge in [0.05, 0.1) is 26.0 Å². The van der Waals surface area contributed by atoms with Crippen LogP contribution in [-0.2, 0) is 22.6 Å². The minimum absolute atomic E-state index is 0.144. The quantitative estimate of drug-likeness (QED) is 0.730. The van der Waals surface area contributed by atoms with E-state index < -0.39 is 5.97 Å². The summed E-state index contributed by atoms with van der Waals surface area (Å²) >= 11 is 0. The Hall–Kier alpha value is -2.22. The highest BCUT2D eigenvalue weighted by molar-refractivity contribution is 5.88. The Morgan fingerprint density at radius 3 is 2.84 bits per heavy atom. The number of carbonyl (C=O) groups is 1. The van der Waals surface area contributed by atoms with Gasteiger partial charge in [0.25, 0.3) is 0 Å². The van der Waals surface area contributed by atoms with E-state index in [1.165, 1.54) is 20.6 Å². The van der Waals surface area contributed by atoms with Crippen molar-refractivity contribution in [3.05, 3.63) is 29.2 Å². The lowest BCUT2D eigenvalue weighted by atomic mass is 10.3. The average molecular weight is 266 g/mol. The molecule has 2 aromatic rings. The van der Waals surface area contributed by atoms with E-state index in [1.54, 1.807) is 11.6 Å². The number of oxazole rings is 1. The molecule has 0 aliphatic rings. The molecule has 0 amide bonds. The van der Waals surface area contributed by atoms with Crippen LogP contribution in [0.2, 0.25) is 0 Å². The van der Waals surface area contributed by atoms with Gasteiger partial charge in [-0.25, -0.2) is 14.5 Å². The first-order chi connectivity index (χ1) is 9.17. The lowest BCUT2D eigenvalue weighted by molar-refractivity contribution is 0.0588. The number of nitrogens with zero attached hydrogens (tertiary/aromatic N) is 4. The summed E-state index contributed by atoms with van der Waals surface area (Å²) in [4.78, 5) is 15.6. The molecular formula is C11H14N4O4. The molecule has 0 aliphatic heterocycles. The van der Waals surface area contributed by atoms with Crippen molar-refractivity contribution in [2.75, 3.05) is 14.2 Å². The first kappa shape index (κ1) is 13.2. The van der Waals surface area contributed by atoms with E-state index in [1.807, 2.05) is 0 Å². The van der Waals surface area contributed by atoms with Crippen LogP contribution in [0.4, 0.5) is 0 Å². The smallest absolute Gasteiger partial charge is 0.360 e. The molecule has 0 saturated heterocycles. The first-order valence-electron chi connectivity index (χ1n) is 5.56. The molecule has 102 valence electrons. The van der Waals surface area contributed by atoms with Crippen molar-refractivity contribution < 1.29 is 18.7 Å². The maximum absolute atomic E-state index is 11.6. The lowest BCUT2D eigenvalue weighted by Crippen LogP contribution is -2.12. The lowest BCUT2D eigenvalue weighted by Gasteiger charge is -2.05. The summed E-state index contributed by atoms with van der Waals surface area (Å²) in [5.74, 6) is 0.147. The predicted molar refractivity (Wildman–Crippen MR) is 62.4 cm³/mol. The van der Waals surface area contributed by atoms with Crippen molar-refractivity contribution in [1.82, 2.24) is 20.0 Å². The van der Waals surface area contributed by atoms with Gasteiger partial charge in [-0.2, -0.15) is 0 Å². The average Bonchev–Trinajstić information content (AvgIpc) is 2.98. The van der Waals surface area contributed by atoms with E-state index in [-0.39, 0.29) is 12.3 Å². The summed E-state index contributed by atoms with van der Waals surface area (Å²) in [6.07, 6.45) is 1.36. The number of aromatic nitrogens is 4. The highest BCUT2D eigenvalue weighted by atomic mass is 16.5. The van der Waals surface area contributed by atoms with E-state index in [9.17, 15) is 4.79 Å². The van der Waals surface area contributed by atoms with Gasteiger partial charge in [0.2, 0.25) is 0 Å². The number of methoxy groups -OCH3 is 2. The van der Waals surface area contributed by atoms with Crippen LogP contribution in [0, 0.1) is 6.92 Å². The van der Waals surface area contributed by atoms with E-state index in [0.717, 1.165) is 5.69 Å². The molecular weight excluding hydrogens is 252 g/mol. The Morgan fingerprint density at radius 1 is 1.47 bits per heavy atom. The van der Waals surface area contributed by atoms with Crippen molar-refractivity contribution in [3.63, 3.8) is 0 Å². The van der Waals surface area contributed by atoms with Gasteiger partial charge in [0.15, 0.2) is 12.1 Å². The summed E-state index contributed by atoms with van der Waals surface area (Å²) in [6, 6.07) is 0. The van der Waals surface area contributed by atoms with Gasteiger partial charge in [0, 0.05) is 7.11 Å².